The molecule has 1 N–H and O–H groups in total. The molecule has 2 unspecified atom stereocenters. The second kappa shape index (κ2) is 5.08. The number of rotatable bonds is 2. The number of nitrogens with one attached hydrogen (secondary N) is 1. The van der Waals surface area contributed by atoms with E-state index < -0.39 is 0 Å². The molecule has 0 radical (unpaired) electrons. The van der Waals surface area contributed by atoms with Crippen LogP contribution >= 0.6 is 11.6 Å². The van der Waals surface area contributed by atoms with Gasteiger partial charge in [0.25, 0.3) is 5.91 Å². The van der Waals surface area contributed by atoms with Crippen molar-refractivity contribution in [3.8, 4) is 0 Å². The van der Waals surface area contributed by atoms with E-state index in [0.29, 0.717) is 5.69 Å². The maximum Gasteiger partial charge on any atom is 0.269 e. The van der Waals surface area contributed by atoms with Gasteiger partial charge in [-0.25, -0.2) is 0 Å². The molecule has 17 heavy (non-hydrogen) atoms. The van der Waals surface area contributed by atoms with Crippen molar-refractivity contribution in [2.45, 2.75) is 44.0 Å². The van der Waals surface area contributed by atoms with Gasteiger partial charge in [-0.1, -0.05) is 12.8 Å². The van der Waals surface area contributed by atoms with Crippen LogP contribution in [0.25, 0.3) is 0 Å². The molecule has 0 aromatic carbocycles. The molecule has 0 aliphatic heterocycles. The zero-order valence-corrected chi connectivity index (χ0v) is 11.0. The van der Waals surface area contributed by atoms with E-state index in [1.54, 1.807) is 17.8 Å². The second-order valence-electron chi connectivity index (χ2n) is 4.67. The molecule has 1 fully saturated rings. The minimum absolute atomic E-state index is 0.0574. The summed E-state index contributed by atoms with van der Waals surface area (Å²) in [5.74, 6) is -0.0781. The largest absolute Gasteiger partial charge is 0.346 e. The van der Waals surface area contributed by atoms with E-state index in [0.717, 1.165) is 31.4 Å². The van der Waals surface area contributed by atoms with Crippen molar-refractivity contribution >= 4 is 17.5 Å². The number of amides is 1. The Labute approximate surface area is 106 Å². The lowest BCUT2D eigenvalue weighted by molar-refractivity contribution is 0.0919. The van der Waals surface area contributed by atoms with Crippen molar-refractivity contribution in [2.75, 3.05) is 0 Å². The van der Waals surface area contributed by atoms with E-state index >= 15 is 0 Å². The Morgan fingerprint density at radius 3 is 2.82 bits per heavy atom. The predicted molar refractivity (Wildman–Crippen MR) is 67.3 cm³/mol. The van der Waals surface area contributed by atoms with Crippen LogP contribution in [0, 0.1) is 6.92 Å². The number of aryl methyl sites for hydroxylation is 2. The molecular formula is C12H18ClN3O. The molecule has 0 bridgehead atoms. The summed E-state index contributed by atoms with van der Waals surface area (Å²) in [5, 5.41) is 7.23. The van der Waals surface area contributed by atoms with Crippen molar-refractivity contribution in [3.05, 3.63) is 17.5 Å². The first kappa shape index (κ1) is 12.4. The fourth-order valence-corrected chi connectivity index (χ4v) is 2.66. The summed E-state index contributed by atoms with van der Waals surface area (Å²) in [6, 6.07) is 1.88. The Bertz CT molecular complexity index is 416. The Kier molecular flexibility index (Phi) is 3.72. The number of aromatic nitrogens is 2. The van der Waals surface area contributed by atoms with Gasteiger partial charge in [0, 0.05) is 13.1 Å². The van der Waals surface area contributed by atoms with Gasteiger partial charge in [-0.2, -0.15) is 5.10 Å². The van der Waals surface area contributed by atoms with Gasteiger partial charge in [-0.15, -0.1) is 11.6 Å². The van der Waals surface area contributed by atoms with Crippen LogP contribution < -0.4 is 5.32 Å². The average molecular weight is 256 g/mol. The van der Waals surface area contributed by atoms with Gasteiger partial charge in [0.1, 0.15) is 5.69 Å². The zero-order valence-electron chi connectivity index (χ0n) is 10.2. The SMILES string of the molecule is Cc1cc(C(=O)NC2CCCCC2Cl)n(C)n1. The van der Waals surface area contributed by atoms with Gasteiger partial charge < -0.3 is 5.32 Å². The quantitative estimate of drug-likeness (QED) is 0.822. The molecule has 1 amide bonds. The third kappa shape index (κ3) is 2.80. The molecule has 2 atom stereocenters. The summed E-state index contributed by atoms with van der Waals surface area (Å²) in [7, 11) is 1.78. The van der Waals surface area contributed by atoms with Crippen LogP contribution in [0.15, 0.2) is 6.07 Å². The highest BCUT2D eigenvalue weighted by molar-refractivity contribution is 6.21. The van der Waals surface area contributed by atoms with Gasteiger partial charge in [-0.05, 0) is 25.8 Å². The van der Waals surface area contributed by atoms with Crippen LogP contribution in [0.5, 0.6) is 0 Å². The van der Waals surface area contributed by atoms with Gasteiger partial charge >= 0.3 is 0 Å². The number of carbonyl (C=O) groups is 1. The number of halogens is 1. The topological polar surface area (TPSA) is 46.9 Å². The van der Waals surface area contributed by atoms with Crippen molar-refractivity contribution in [2.24, 2.45) is 7.05 Å². The summed E-state index contributed by atoms with van der Waals surface area (Å²) in [6.07, 6.45) is 4.25. The Morgan fingerprint density at radius 2 is 2.24 bits per heavy atom. The summed E-state index contributed by atoms with van der Waals surface area (Å²) in [6.45, 7) is 1.88. The van der Waals surface area contributed by atoms with Crippen LogP contribution in [0.4, 0.5) is 0 Å². The number of hydrogen-bond acceptors (Lipinski definition) is 2. The molecular weight excluding hydrogens is 238 g/mol. The first-order valence-corrected chi connectivity index (χ1v) is 6.47. The van der Waals surface area contributed by atoms with Gasteiger partial charge in [0.05, 0.1) is 11.1 Å². The summed E-state index contributed by atoms with van der Waals surface area (Å²) >= 11 is 6.22. The molecule has 0 spiro atoms. The third-order valence-corrected chi connectivity index (χ3v) is 3.76. The highest BCUT2D eigenvalue weighted by atomic mass is 35.5. The van der Waals surface area contributed by atoms with Crippen LogP contribution in [0.2, 0.25) is 0 Å². The van der Waals surface area contributed by atoms with E-state index in [2.05, 4.69) is 10.4 Å². The Balaban J connectivity index is 2.03. The molecule has 1 heterocycles. The van der Waals surface area contributed by atoms with E-state index in [4.69, 9.17) is 11.6 Å². The van der Waals surface area contributed by atoms with Crippen molar-refractivity contribution in [1.82, 2.24) is 15.1 Å². The minimum atomic E-state index is -0.0781. The number of alkyl halides is 1. The van der Waals surface area contributed by atoms with E-state index in [9.17, 15) is 4.79 Å². The first-order chi connectivity index (χ1) is 8.08. The number of nitrogens with zero attached hydrogens (tertiary/aromatic N) is 2. The molecule has 5 heteroatoms. The number of carbonyl (C=O) groups excluding carboxylic acids is 1. The van der Waals surface area contributed by atoms with Crippen LogP contribution in [0.1, 0.15) is 41.9 Å². The average Bonchev–Trinajstić information content (AvgIpc) is 2.61. The van der Waals surface area contributed by atoms with E-state index in [1.165, 1.54) is 0 Å². The molecule has 1 aromatic heterocycles. The standard InChI is InChI=1S/C12H18ClN3O/c1-8-7-11(16(2)15-8)12(17)14-10-6-4-3-5-9(10)13/h7,9-10H,3-6H2,1-2H3,(H,14,17). The highest BCUT2D eigenvalue weighted by Crippen LogP contribution is 2.23. The molecule has 2 rings (SSSR count). The monoisotopic (exact) mass is 255 g/mol. The fraction of sp³-hybridized carbons (Fsp3) is 0.667. The van der Waals surface area contributed by atoms with E-state index in [-0.39, 0.29) is 17.3 Å². The molecule has 1 aliphatic carbocycles. The maximum atomic E-state index is 12.1. The minimum Gasteiger partial charge on any atom is -0.346 e. The lowest BCUT2D eigenvalue weighted by Gasteiger charge is -2.27. The van der Waals surface area contributed by atoms with Crippen LogP contribution in [-0.2, 0) is 7.05 Å². The lowest BCUT2D eigenvalue weighted by Crippen LogP contribution is -2.43. The molecule has 4 nitrogen and oxygen atoms in total. The smallest absolute Gasteiger partial charge is 0.269 e. The predicted octanol–water partition coefficient (Wildman–Crippen LogP) is 2.01. The first-order valence-electron chi connectivity index (χ1n) is 6.03. The van der Waals surface area contributed by atoms with Crippen molar-refractivity contribution in [3.63, 3.8) is 0 Å². The summed E-state index contributed by atoms with van der Waals surface area (Å²) < 4.78 is 1.61. The molecule has 0 saturated heterocycles. The van der Waals surface area contributed by atoms with Gasteiger partial charge in [0.15, 0.2) is 0 Å². The Hall–Kier alpha value is -1.03. The van der Waals surface area contributed by atoms with Crippen molar-refractivity contribution < 1.29 is 4.79 Å². The normalized spacial score (nSPS) is 24.6. The number of hydrogen-bond donors (Lipinski definition) is 1. The molecule has 1 saturated carbocycles. The highest BCUT2D eigenvalue weighted by Gasteiger charge is 2.25. The van der Waals surface area contributed by atoms with E-state index in [1.807, 2.05) is 6.92 Å². The van der Waals surface area contributed by atoms with Crippen LogP contribution in [-0.4, -0.2) is 27.1 Å². The van der Waals surface area contributed by atoms with Gasteiger partial charge in [-0.3, -0.25) is 9.48 Å². The zero-order chi connectivity index (χ0) is 12.4. The maximum absolute atomic E-state index is 12.1. The summed E-state index contributed by atoms with van der Waals surface area (Å²) in [4.78, 5) is 12.1. The molecule has 1 aliphatic rings. The molecule has 94 valence electrons. The summed E-state index contributed by atoms with van der Waals surface area (Å²) in [5.41, 5.74) is 1.45. The Morgan fingerprint density at radius 1 is 1.53 bits per heavy atom. The van der Waals surface area contributed by atoms with Crippen LogP contribution in [0.3, 0.4) is 0 Å². The van der Waals surface area contributed by atoms with Gasteiger partial charge in [0.2, 0.25) is 0 Å². The fourth-order valence-electron chi connectivity index (χ4n) is 2.31. The lowest BCUT2D eigenvalue weighted by atomic mass is 9.95. The second-order valence-corrected chi connectivity index (χ2v) is 5.24. The third-order valence-electron chi connectivity index (χ3n) is 3.23. The van der Waals surface area contributed by atoms with Crippen molar-refractivity contribution in [1.29, 1.82) is 0 Å². The molecule has 1 aromatic rings.